The summed E-state index contributed by atoms with van der Waals surface area (Å²) >= 11 is 7.69. The van der Waals surface area contributed by atoms with Crippen LogP contribution in [0.3, 0.4) is 0 Å². The third-order valence-corrected chi connectivity index (χ3v) is 6.08. The monoisotopic (exact) mass is 439 g/mol. The molecule has 1 saturated heterocycles. The fourth-order valence-corrected chi connectivity index (χ4v) is 4.39. The molecule has 6 nitrogen and oxygen atoms in total. The molecule has 0 N–H and O–H groups in total. The number of fused-ring (bicyclic) bond motifs is 1. The minimum absolute atomic E-state index is 0.0262. The highest BCUT2D eigenvalue weighted by Gasteiger charge is 2.21. The number of nitrogens with zero attached hydrogens (tertiary/aromatic N) is 3. The average molecular weight is 440 g/mol. The Balaban J connectivity index is 1.63. The first kappa shape index (κ1) is 19.2. The van der Waals surface area contributed by atoms with Gasteiger partial charge >= 0.3 is 0 Å². The van der Waals surface area contributed by atoms with Crippen molar-refractivity contribution in [3.05, 3.63) is 63.9 Å². The Morgan fingerprint density at radius 3 is 2.77 bits per heavy atom. The van der Waals surface area contributed by atoms with E-state index >= 15 is 0 Å². The highest BCUT2D eigenvalue weighted by atomic mass is 35.5. The molecule has 0 saturated carbocycles. The highest BCUT2D eigenvalue weighted by Crippen LogP contribution is 2.33. The van der Waals surface area contributed by atoms with Gasteiger partial charge in [-0.25, -0.2) is 4.99 Å². The van der Waals surface area contributed by atoms with Crippen molar-refractivity contribution in [3.63, 3.8) is 0 Å². The molecule has 5 rings (SSSR count). The van der Waals surface area contributed by atoms with Crippen LogP contribution in [0.4, 0.5) is 5.13 Å². The first-order valence-corrected chi connectivity index (χ1v) is 10.8. The molecule has 0 radical (unpaired) electrons. The Bertz CT molecular complexity index is 1260. The molecular formula is C22H18ClN3O3S. The van der Waals surface area contributed by atoms with Crippen LogP contribution in [-0.2, 0) is 4.74 Å². The Labute approximate surface area is 181 Å². The minimum Gasteiger partial charge on any atom is -0.497 e. The van der Waals surface area contributed by atoms with E-state index in [1.165, 1.54) is 11.3 Å². The molecule has 1 atom stereocenters. The van der Waals surface area contributed by atoms with E-state index < -0.39 is 0 Å². The van der Waals surface area contributed by atoms with Gasteiger partial charge in [0.1, 0.15) is 28.2 Å². The lowest BCUT2D eigenvalue weighted by Crippen LogP contribution is -2.03. The van der Waals surface area contributed by atoms with Gasteiger partial charge in [-0.15, -0.1) is 10.2 Å². The number of hydrogen-bond donors (Lipinski definition) is 0. The van der Waals surface area contributed by atoms with Crippen LogP contribution >= 0.6 is 22.9 Å². The molecule has 30 heavy (non-hydrogen) atoms. The number of benzene rings is 2. The molecule has 152 valence electrons. The van der Waals surface area contributed by atoms with Gasteiger partial charge in [-0.2, -0.15) is 0 Å². The van der Waals surface area contributed by atoms with Gasteiger partial charge in [0.25, 0.3) is 0 Å². The molecule has 1 unspecified atom stereocenters. The van der Waals surface area contributed by atoms with Crippen LogP contribution in [0.15, 0.2) is 57.9 Å². The van der Waals surface area contributed by atoms with Crippen LogP contribution in [0.25, 0.3) is 22.3 Å². The number of methoxy groups -OCH3 is 1. The summed E-state index contributed by atoms with van der Waals surface area (Å²) in [5.74, 6) is 1.47. The van der Waals surface area contributed by atoms with Crippen LogP contribution in [0, 0.1) is 0 Å². The number of aromatic nitrogens is 2. The van der Waals surface area contributed by atoms with Crippen molar-refractivity contribution < 1.29 is 13.9 Å². The van der Waals surface area contributed by atoms with Crippen LogP contribution in [0.5, 0.6) is 5.75 Å². The zero-order chi connectivity index (χ0) is 20.5. The van der Waals surface area contributed by atoms with E-state index in [1.807, 2.05) is 42.5 Å². The molecule has 0 aliphatic carbocycles. The molecule has 1 aliphatic rings. The Morgan fingerprint density at radius 2 is 2.00 bits per heavy atom. The molecule has 2 aromatic heterocycles. The molecule has 0 amide bonds. The standard InChI is InChI=1S/C22H18ClN3O3S/c1-27-15-7-4-13(5-8-15)20-12-17(16-11-14(23)6-9-18(16)29-20)24-22-26-25-21(30-22)19-3-2-10-28-19/h4-9,11-12,19H,2-3,10H2,1H3. The normalized spacial score (nSPS) is 17.0. The topological polar surface area (TPSA) is 69.7 Å². The molecule has 2 aromatic carbocycles. The highest BCUT2D eigenvalue weighted by molar-refractivity contribution is 7.15. The van der Waals surface area contributed by atoms with Gasteiger partial charge in [0.15, 0.2) is 0 Å². The number of halogens is 1. The number of hydrogen-bond acceptors (Lipinski definition) is 7. The predicted molar refractivity (Wildman–Crippen MR) is 116 cm³/mol. The van der Waals surface area contributed by atoms with Crippen molar-refractivity contribution in [1.82, 2.24) is 10.2 Å². The molecular weight excluding hydrogens is 422 g/mol. The number of ether oxygens (including phenoxy) is 2. The average Bonchev–Trinajstić information content (AvgIpc) is 3.46. The van der Waals surface area contributed by atoms with Crippen molar-refractivity contribution in [2.75, 3.05) is 13.7 Å². The van der Waals surface area contributed by atoms with Gasteiger partial charge in [-0.05, 0) is 55.3 Å². The largest absolute Gasteiger partial charge is 0.497 e. The summed E-state index contributed by atoms with van der Waals surface area (Å²) in [6.07, 6.45) is 2.04. The zero-order valence-corrected chi connectivity index (χ0v) is 17.7. The van der Waals surface area contributed by atoms with Crippen LogP contribution in [-0.4, -0.2) is 23.9 Å². The fraction of sp³-hybridized carbons (Fsp3) is 0.227. The second kappa shape index (κ2) is 8.18. The first-order chi connectivity index (χ1) is 14.7. The maximum absolute atomic E-state index is 6.23. The lowest BCUT2D eigenvalue weighted by Gasteiger charge is -2.06. The maximum atomic E-state index is 6.23. The van der Waals surface area contributed by atoms with Crippen LogP contribution < -0.4 is 10.1 Å². The van der Waals surface area contributed by atoms with E-state index in [-0.39, 0.29) is 6.10 Å². The molecule has 4 aromatic rings. The van der Waals surface area contributed by atoms with Gasteiger partial charge in [-0.1, -0.05) is 22.9 Å². The Hall–Kier alpha value is -2.74. The van der Waals surface area contributed by atoms with Crippen LogP contribution in [0.1, 0.15) is 24.0 Å². The van der Waals surface area contributed by atoms with Crippen molar-refractivity contribution in [3.8, 4) is 17.1 Å². The fourth-order valence-electron chi connectivity index (χ4n) is 3.41. The molecule has 1 aliphatic heterocycles. The second-order valence-corrected chi connectivity index (χ2v) is 8.33. The lowest BCUT2D eigenvalue weighted by molar-refractivity contribution is 0.111. The Kier molecular flexibility index (Phi) is 5.25. The third kappa shape index (κ3) is 3.84. The van der Waals surface area contributed by atoms with E-state index in [2.05, 4.69) is 10.2 Å². The van der Waals surface area contributed by atoms with E-state index in [0.717, 1.165) is 46.5 Å². The minimum atomic E-state index is 0.0262. The summed E-state index contributed by atoms with van der Waals surface area (Å²) in [6.45, 7) is 0.769. The summed E-state index contributed by atoms with van der Waals surface area (Å²) in [7, 11) is 1.64. The Morgan fingerprint density at radius 1 is 1.13 bits per heavy atom. The van der Waals surface area contributed by atoms with Gasteiger partial charge < -0.3 is 13.9 Å². The van der Waals surface area contributed by atoms with Crippen molar-refractivity contribution >= 4 is 39.0 Å². The van der Waals surface area contributed by atoms with E-state index in [0.29, 0.717) is 21.5 Å². The molecule has 3 heterocycles. The van der Waals surface area contributed by atoms with Gasteiger partial charge in [-0.3, -0.25) is 0 Å². The first-order valence-electron chi connectivity index (χ1n) is 9.57. The molecule has 0 bridgehead atoms. The van der Waals surface area contributed by atoms with Gasteiger partial charge in [0.2, 0.25) is 5.13 Å². The third-order valence-electron chi connectivity index (χ3n) is 4.93. The lowest BCUT2D eigenvalue weighted by atomic mass is 10.1. The molecule has 1 fully saturated rings. The van der Waals surface area contributed by atoms with E-state index in [1.54, 1.807) is 13.2 Å². The summed E-state index contributed by atoms with van der Waals surface area (Å²) in [6, 6.07) is 15.1. The van der Waals surface area contributed by atoms with Gasteiger partial charge in [0.05, 0.1) is 12.5 Å². The summed E-state index contributed by atoms with van der Waals surface area (Å²) < 4.78 is 17.1. The van der Waals surface area contributed by atoms with Gasteiger partial charge in [0, 0.05) is 28.6 Å². The quantitative estimate of drug-likeness (QED) is 0.408. The second-order valence-electron chi connectivity index (χ2n) is 6.90. The smallest absolute Gasteiger partial charge is 0.232 e. The van der Waals surface area contributed by atoms with Crippen molar-refractivity contribution in [2.45, 2.75) is 18.9 Å². The molecule has 8 heteroatoms. The van der Waals surface area contributed by atoms with E-state index in [4.69, 9.17) is 30.5 Å². The van der Waals surface area contributed by atoms with Crippen molar-refractivity contribution in [1.29, 1.82) is 0 Å². The zero-order valence-electron chi connectivity index (χ0n) is 16.2. The SMILES string of the molecule is COc1ccc(-c2cc(=Nc3nnc(C4CCCO4)s3)c3cc(Cl)ccc3o2)cc1. The van der Waals surface area contributed by atoms with Crippen molar-refractivity contribution in [2.24, 2.45) is 4.99 Å². The predicted octanol–water partition coefficient (Wildman–Crippen LogP) is 5.70. The summed E-state index contributed by atoms with van der Waals surface area (Å²) in [5.41, 5.74) is 1.61. The summed E-state index contributed by atoms with van der Waals surface area (Å²) in [4.78, 5) is 4.77. The maximum Gasteiger partial charge on any atom is 0.232 e. The van der Waals surface area contributed by atoms with Crippen LogP contribution in [0.2, 0.25) is 5.02 Å². The summed E-state index contributed by atoms with van der Waals surface area (Å²) in [5, 5.41) is 12.1. The number of rotatable bonds is 4. The molecule has 0 spiro atoms. The van der Waals surface area contributed by atoms with E-state index in [9.17, 15) is 0 Å².